The molecule has 2 aromatic heterocycles. The second kappa shape index (κ2) is 4.14. The van der Waals surface area contributed by atoms with E-state index >= 15 is 0 Å². The Bertz CT molecular complexity index is 502. The second-order valence-corrected chi connectivity index (χ2v) is 3.78. The predicted octanol–water partition coefficient (Wildman–Crippen LogP) is 2.95. The van der Waals surface area contributed by atoms with Gasteiger partial charge in [0.25, 0.3) is 0 Å². The Hall–Kier alpha value is -1.55. The zero-order valence-corrected chi connectivity index (χ0v) is 9.59. The Kier molecular flexibility index (Phi) is 2.83. The van der Waals surface area contributed by atoms with Crippen LogP contribution in [0.2, 0.25) is 5.15 Å². The molecule has 0 saturated carbocycles. The summed E-state index contributed by atoms with van der Waals surface area (Å²) >= 11 is 5.65. The van der Waals surface area contributed by atoms with Gasteiger partial charge in [-0.15, -0.1) is 0 Å². The van der Waals surface area contributed by atoms with Crippen molar-refractivity contribution in [2.45, 2.75) is 13.8 Å². The lowest BCUT2D eigenvalue weighted by Crippen LogP contribution is -1.97. The molecule has 0 N–H and O–H groups in total. The van der Waals surface area contributed by atoms with Crippen molar-refractivity contribution < 1.29 is 4.39 Å². The van der Waals surface area contributed by atoms with Gasteiger partial charge in [-0.1, -0.05) is 11.6 Å². The van der Waals surface area contributed by atoms with Gasteiger partial charge in [-0.25, -0.2) is 14.4 Å². The summed E-state index contributed by atoms with van der Waals surface area (Å²) in [6.07, 6.45) is 1.64. The first-order chi connectivity index (χ1) is 7.58. The van der Waals surface area contributed by atoms with Crippen LogP contribution in [-0.4, -0.2) is 15.0 Å². The number of nitrogens with zero attached hydrogens (tertiary/aromatic N) is 3. The molecule has 0 atom stereocenters. The number of rotatable bonds is 1. The molecule has 0 bridgehead atoms. The third kappa shape index (κ3) is 2.02. The van der Waals surface area contributed by atoms with Crippen molar-refractivity contribution in [3.05, 3.63) is 40.7 Å². The average Bonchev–Trinajstić information content (AvgIpc) is 2.26. The normalized spacial score (nSPS) is 10.5. The summed E-state index contributed by atoms with van der Waals surface area (Å²) in [4.78, 5) is 12.0. The highest BCUT2D eigenvalue weighted by molar-refractivity contribution is 6.29. The monoisotopic (exact) mass is 237 g/mol. The molecule has 2 rings (SSSR count). The minimum absolute atomic E-state index is 0.164. The van der Waals surface area contributed by atoms with Gasteiger partial charge in [0.05, 0.1) is 5.69 Å². The maximum Gasteiger partial charge on any atom is 0.181 e. The first kappa shape index (κ1) is 11.0. The summed E-state index contributed by atoms with van der Waals surface area (Å²) in [6.45, 7) is 3.43. The number of hydrogen-bond acceptors (Lipinski definition) is 3. The van der Waals surface area contributed by atoms with Crippen molar-refractivity contribution in [2.24, 2.45) is 0 Å². The Morgan fingerprint density at radius 2 is 1.94 bits per heavy atom. The van der Waals surface area contributed by atoms with E-state index in [4.69, 9.17) is 11.6 Å². The van der Waals surface area contributed by atoms with Crippen molar-refractivity contribution in [1.29, 1.82) is 0 Å². The fraction of sp³-hybridized carbons (Fsp3) is 0.182. The molecule has 0 unspecified atom stereocenters. The van der Waals surface area contributed by atoms with E-state index in [0.717, 1.165) is 11.3 Å². The van der Waals surface area contributed by atoms with E-state index in [1.165, 1.54) is 0 Å². The molecule has 5 heteroatoms. The lowest BCUT2D eigenvalue weighted by Gasteiger charge is -2.03. The lowest BCUT2D eigenvalue weighted by atomic mass is 10.2. The smallest absolute Gasteiger partial charge is 0.181 e. The molecule has 0 aliphatic carbocycles. The van der Waals surface area contributed by atoms with E-state index in [2.05, 4.69) is 15.0 Å². The van der Waals surface area contributed by atoms with Crippen molar-refractivity contribution in [2.75, 3.05) is 0 Å². The molecule has 82 valence electrons. The first-order valence-corrected chi connectivity index (χ1v) is 5.08. The highest BCUT2D eigenvalue weighted by atomic mass is 35.5. The standard InChI is InChI=1S/C11H9ClFN3/c1-6-3-4-8(5-14-6)11-15-7(2)9(13)10(12)16-11/h3-5H,1-2H3. The van der Waals surface area contributed by atoms with Crippen LogP contribution >= 0.6 is 11.6 Å². The van der Waals surface area contributed by atoms with E-state index < -0.39 is 5.82 Å². The number of aromatic nitrogens is 3. The topological polar surface area (TPSA) is 38.7 Å². The second-order valence-electron chi connectivity index (χ2n) is 3.43. The molecule has 3 nitrogen and oxygen atoms in total. The fourth-order valence-electron chi connectivity index (χ4n) is 1.25. The molecule has 0 fully saturated rings. The molecule has 0 aliphatic heterocycles. The van der Waals surface area contributed by atoms with Gasteiger partial charge in [0.2, 0.25) is 0 Å². The zero-order chi connectivity index (χ0) is 11.7. The van der Waals surface area contributed by atoms with Crippen LogP contribution in [0.15, 0.2) is 18.3 Å². The van der Waals surface area contributed by atoms with Crippen LogP contribution in [0.5, 0.6) is 0 Å². The summed E-state index contributed by atoms with van der Waals surface area (Å²) in [6, 6.07) is 3.66. The van der Waals surface area contributed by atoms with Crippen LogP contribution in [0.4, 0.5) is 4.39 Å². The Morgan fingerprint density at radius 1 is 1.19 bits per heavy atom. The van der Waals surface area contributed by atoms with E-state index in [-0.39, 0.29) is 10.8 Å². The quantitative estimate of drug-likeness (QED) is 0.716. The van der Waals surface area contributed by atoms with Crippen LogP contribution in [-0.2, 0) is 0 Å². The van der Waals surface area contributed by atoms with Gasteiger partial charge in [-0.2, -0.15) is 0 Å². The van der Waals surface area contributed by atoms with Crippen LogP contribution in [0, 0.1) is 19.7 Å². The van der Waals surface area contributed by atoms with Crippen LogP contribution < -0.4 is 0 Å². The fourth-order valence-corrected chi connectivity index (χ4v) is 1.47. The van der Waals surface area contributed by atoms with Gasteiger partial charge in [-0.3, -0.25) is 4.98 Å². The number of aryl methyl sites for hydroxylation is 2. The van der Waals surface area contributed by atoms with E-state index in [0.29, 0.717) is 5.82 Å². The largest absolute Gasteiger partial charge is 0.261 e. The Morgan fingerprint density at radius 3 is 2.50 bits per heavy atom. The highest BCUT2D eigenvalue weighted by Crippen LogP contribution is 2.20. The molecular weight excluding hydrogens is 229 g/mol. The highest BCUT2D eigenvalue weighted by Gasteiger charge is 2.10. The maximum atomic E-state index is 13.2. The average molecular weight is 238 g/mol. The number of halogens is 2. The predicted molar refractivity (Wildman–Crippen MR) is 59.7 cm³/mol. The molecule has 2 heterocycles. The summed E-state index contributed by atoms with van der Waals surface area (Å²) in [5.41, 5.74) is 1.85. The minimum atomic E-state index is -0.578. The van der Waals surface area contributed by atoms with Crippen molar-refractivity contribution in [1.82, 2.24) is 15.0 Å². The summed E-state index contributed by atoms with van der Waals surface area (Å²) in [5.74, 6) is -0.193. The molecular formula is C11H9ClFN3. The summed E-state index contributed by atoms with van der Waals surface area (Å²) in [5, 5.41) is -0.164. The summed E-state index contributed by atoms with van der Waals surface area (Å²) < 4.78 is 13.2. The minimum Gasteiger partial charge on any atom is -0.261 e. The first-order valence-electron chi connectivity index (χ1n) is 4.70. The van der Waals surface area contributed by atoms with Gasteiger partial charge >= 0.3 is 0 Å². The lowest BCUT2D eigenvalue weighted by molar-refractivity contribution is 0.603. The molecule has 0 aromatic carbocycles. The number of pyridine rings is 1. The van der Waals surface area contributed by atoms with Gasteiger partial charge < -0.3 is 0 Å². The molecule has 2 aromatic rings. The maximum absolute atomic E-state index is 13.2. The van der Waals surface area contributed by atoms with Crippen LogP contribution in [0.3, 0.4) is 0 Å². The van der Waals surface area contributed by atoms with Gasteiger partial charge in [-0.05, 0) is 26.0 Å². The Balaban J connectivity index is 2.52. The van der Waals surface area contributed by atoms with E-state index in [1.54, 1.807) is 13.1 Å². The van der Waals surface area contributed by atoms with Crippen molar-refractivity contribution >= 4 is 11.6 Å². The van der Waals surface area contributed by atoms with Crippen molar-refractivity contribution in [3.63, 3.8) is 0 Å². The van der Waals surface area contributed by atoms with Gasteiger partial charge in [0, 0.05) is 17.5 Å². The summed E-state index contributed by atoms with van der Waals surface area (Å²) in [7, 11) is 0. The molecule has 0 radical (unpaired) electrons. The zero-order valence-electron chi connectivity index (χ0n) is 8.83. The van der Waals surface area contributed by atoms with Crippen molar-refractivity contribution in [3.8, 4) is 11.4 Å². The molecule has 0 spiro atoms. The molecule has 0 aliphatic rings. The molecule has 16 heavy (non-hydrogen) atoms. The van der Waals surface area contributed by atoms with Gasteiger partial charge in [0.15, 0.2) is 16.8 Å². The number of hydrogen-bond donors (Lipinski definition) is 0. The SMILES string of the molecule is Cc1ccc(-c2nc(C)c(F)c(Cl)n2)cn1. The third-order valence-electron chi connectivity index (χ3n) is 2.15. The van der Waals surface area contributed by atoms with Gasteiger partial charge in [0.1, 0.15) is 0 Å². The Labute approximate surface area is 97.3 Å². The molecule has 0 saturated heterocycles. The van der Waals surface area contributed by atoms with E-state index in [1.807, 2.05) is 19.1 Å². The van der Waals surface area contributed by atoms with E-state index in [9.17, 15) is 4.39 Å². The van der Waals surface area contributed by atoms with Crippen LogP contribution in [0.25, 0.3) is 11.4 Å². The third-order valence-corrected chi connectivity index (χ3v) is 2.40. The molecule has 0 amide bonds. The van der Waals surface area contributed by atoms with Crippen LogP contribution in [0.1, 0.15) is 11.4 Å².